The third kappa shape index (κ3) is 2.36. The molecule has 4 nitrogen and oxygen atoms in total. The van der Waals surface area contributed by atoms with Crippen molar-refractivity contribution in [3.05, 3.63) is 41.6 Å². The van der Waals surface area contributed by atoms with Gasteiger partial charge in [-0.25, -0.2) is 4.79 Å². The number of ether oxygens (including phenoxy) is 1. The number of carbonyl (C=O) groups excluding carboxylic acids is 1. The Balaban J connectivity index is 2.23. The molecule has 1 aliphatic heterocycles. The fraction of sp³-hybridized carbons (Fsp3) is 0.353. The predicted octanol–water partition coefficient (Wildman–Crippen LogP) is 2.68. The lowest BCUT2D eigenvalue weighted by Crippen LogP contribution is -2.25. The number of esters is 1. The molecule has 2 heterocycles. The van der Waals surface area contributed by atoms with Gasteiger partial charge in [0.2, 0.25) is 0 Å². The molecule has 0 bridgehead atoms. The number of methoxy groups -OCH3 is 1. The van der Waals surface area contributed by atoms with E-state index in [9.17, 15) is 4.79 Å². The zero-order valence-electron chi connectivity index (χ0n) is 12.7. The highest BCUT2D eigenvalue weighted by Crippen LogP contribution is 2.31. The largest absolute Gasteiger partial charge is 0.465 e. The molecule has 0 aliphatic carbocycles. The molecule has 1 aromatic carbocycles. The Morgan fingerprint density at radius 2 is 2.10 bits per heavy atom. The Labute approximate surface area is 124 Å². The van der Waals surface area contributed by atoms with Crippen LogP contribution in [-0.2, 0) is 11.8 Å². The molecule has 0 N–H and O–H groups in total. The molecule has 0 amide bonds. The molecule has 3 rings (SSSR count). The maximum Gasteiger partial charge on any atom is 0.340 e. The highest BCUT2D eigenvalue weighted by molar-refractivity contribution is 6.08. The van der Waals surface area contributed by atoms with Crippen molar-refractivity contribution < 1.29 is 9.53 Å². The Morgan fingerprint density at radius 1 is 1.29 bits per heavy atom. The number of likely N-dealkylation sites (N-methyl/N-ethyl adjacent to an activating group) is 1. The highest BCUT2D eigenvalue weighted by Gasteiger charge is 2.20. The van der Waals surface area contributed by atoms with E-state index in [0.29, 0.717) is 5.56 Å². The molecule has 0 unspecified atom stereocenters. The van der Waals surface area contributed by atoms with Crippen LogP contribution in [0.15, 0.2) is 30.5 Å². The van der Waals surface area contributed by atoms with Gasteiger partial charge in [0.1, 0.15) is 0 Å². The van der Waals surface area contributed by atoms with Crippen LogP contribution < -0.4 is 0 Å². The summed E-state index contributed by atoms with van der Waals surface area (Å²) in [6, 6.07) is 6.19. The van der Waals surface area contributed by atoms with Crippen molar-refractivity contribution in [2.45, 2.75) is 6.42 Å². The molecule has 0 radical (unpaired) electrons. The van der Waals surface area contributed by atoms with Crippen LogP contribution in [0.4, 0.5) is 0 Å². The Kier molecular flexibility index (Phi) is 3.55. The maximum atomic E-state index is 12.1. The van der Waals surface area contributed by atoms with Gasteiger partial charge in [0.15, 0.2) is 0 Å². The second-order valence-corrected chi connectivity index (χ2v) is 5.60. The van der Waals surface area contributed by atoms with E-state index in [-0.39, 0.29) is 5.97 Å². The first kappa shape index (κ1) is 13.9. The van der Waals surface area contributed by atoms with Crippen molar-refractivity contribution in [3.8, 4) is 0 Å². The standard InChI is InChI=1S/C17H20N2O2/c1-18-9-5-6-12(10-18)13-7-4-8-15-16(13)14(11-19(15)2)17(20)21-3/h4,6-8,11H,5,9-10H2,1-3H3. The third-order valence-electron chi connectivity index (χ3n) is 4.11. The molecule has 2 aromatic rings. The van der Waals surface area contributed by atoms with Crippen LogP contribution >= 0.6 is 0 Å². The van der Waals surface area contributed by atoms with Gasteiger partial charge in [0.25, 0.3) is 0 Å². The minimum Gasteiger partial charge on any atom is -0.465 e. The summed E-state index contributed by atoms with van der Waals surface area (Å²) in [6.07, 6.45) is 5.18. The van der Waals surface area contributed by atoms with E-state index in [1.807, 2.05) is 29.9 Å². The molecule has 4 heteroatoms. The summed E-state index contributed by atoms with van der Waals surface area (Å²) in [5.41, 5.74) is 4.12. The van der Waals surface area contributed by atoms with Crippen LogP contribution in [0.1, 0.15) is 22.3 Å². The third-order valence-corrected chi connectivity index (χ3v) is 4.11. The smallest absolute Gasteiger partial charge is 0.340 e. The maximum absolute atomic E-state index is 12.1. The quantitative estimate of drug-likeness (QED) is 0.795. The first-order valence-electron chi connectivity index (χ1n) is 7.16. The SMILES string of the molecule is COC(=O)c1cn(C)c2cccc(C3=CCCN(C)C3)c12. The topological polar surface area (TPSA) is 34.5 Å². The summed E-state index contributed by atoms with van der Waals surface area (Å²) in [7, 11) is 5.51. The number of aromatic nitrogens is 1. The highest BCUT2D eigenvalue weighted by atomic mass is 16.5. The average molecular weight is 284 g/mol. The first-order chi connectivity index (χ1) is 10.1. The van der Waals surface area contributed by atoms with Gasteiger partial charge in [-0.05, 0) is 30.7 Å². The monoisotopic (exact) mass is 284 g/mol. The number of aryl methyl sites for hydroxylation is 1. The lowest BCUT2D eigenvalue weighted by molar-refractivity contribution is 0.0603. The van der Waals surface area contributed by atoms with Crippen LogP contribution in [0.5, 0.6) is 0 Å². The molecule has 0 saturated carbocycles. The summed E-state index contributed by atoms with van der Waals surface area (Å²) >= 11 is 0. The summed E-state index contributed by atoms with van der Waals surface area (Å²) in [4.78, 5) is 14.4. The number of fused-ring (bicyclic) bond motifs is 1. The van der Waals surface area contributed by atoms with Gasteiger partial charge in [-0.2, -0.15) is 0 Å². The number of hydrogen-bond donors (Lipinski definition) is 0. The summed E-state index contributed by atoms with van der Waals surface area (Å²) in [5, 5.41) is 0.994. The normalized spacial score (nSPS) is 16.0. The van der Waals surface area contributed by atoms with E-state index in [1.165, 1.54) is 12.7 Å². The molecule has 21 heavy (non-hydrogen) atoms. The van der Waals surface area contributed by atoms with E-state index in [1.54, 1.807) is 0 Å². The second kappa shape index (κ2) is 5.37. The lowest BCUT2D eigenvalue weighted by Gasteiger charge is -2.23. The average Bonchev–Trinajstić information content (AvgIpc) is 2.84. The molecule has 1 aromatic heterocycles. The zero-order chi connectivity index (χ0) is 15.0. The summed E-state index contributed by atoms with van der Waals surface area (Å²) in [5.74, 6) is -0.280. The number of benzene rings is 1. The van der Waals surface area contributed by atoms with Gasteiger partial charge < -0.3 is 14.2 Å². The van der Waals surface area contributed by atoms with E-state index >= 15 is 0 Å². The van der Waals surface area contributed by atoms with Gasteiger partial charge >= 0.3 is 5.97 Å². The van der Waals surface area contributed by atoms with E-state index in [4.69, 9.17) is 4.74 Å². The van der Waals surface area contributed by atoms with Crippen LogP contribution in [0.25, 0.3) is 16.5 Å². The van der Waals surface area contributed by atoms with Crippen LogP contribution in [-0.4, -0.2) is 42.7 Å². The van der Waals surface area contributed by atoms with Crippen LogP contribution in [0, 0.1) is 0 Å². The van der Waals surface area contributed by atoms with E-state index in [0.717, 1.165) is 36.0 Å². The molecule has 0 atom stereocenters. The number of carbonyl (C=O) groups is 1. The van der Waals surface area contributed by atoms with Crippen LogP contribution in [0.2, 0.25) is 0 Å². The Morgan fingerprint density at radius 3 is 2.81 bits per heavy atom. The van der Waals surface area contributed by atoms with Gasteiger partial charge in [-0.1, -0.05) is 18.2 Å². The first-order valence-corrected chi connectivity index (χ1v) is 7.16. The van der Waals surface area contributed by atoms with Crippen molar-refractivity contribution in [2.75, 3.05) is 27.2 Å². The minimum absolute atomic E-state index is 0.280. The van der Waals surface area contributed by atoms with Gasteiger partial charge in [-0.3, -0.25) is 0 Å². The fourth-order valence-electron chi connectivity index (χ4n) is 3.07. The number of nitrogens with zero attached hydrogens (tertiary/aromatic N) is 2. The van der Waals surface area contributed by atoms with Crippen molar-refractivity contribution in [1.82, 2.24) is 9.47 Å². The molecule has 110 valence electrons. The summed E-state index contributed by atoms with van der Waals surface area (Å²) < 4.78 is 6.92. The molecule has 0 fully saturated rings. The second-order valence-electron chi connectivity index (χ2n) is 5.60. The van der Waals surface area contributed by atoms with Crippen molar-refractivity contribution in [3.63, 3.8) is 0 Å². The Bertz CT molecular complexity index is 728. The number of hydrogen-bond acceptors (Lipinski definition) is 3. The van der Waals surface area contributed by atoms with Crippen LogP contribution in [0.3, 0.4) is 0 Å². The molecule has 0 spiro atoms. The van der Waals surface area contributed by atoms with Crippen molar-refractivity contribution in [2.24, 2.45) is 7.05 Å². The van der Waals surface area contributed by atoms with Gasteiger partial charge in [-0.15, -0.1) is 0 Å². The summed E-state index contributed by atoms with van der Waals surface area (Å²) in [6.45, 7) is 1.99. The van der Waals surface area contributed by atoms with Gasteiger partial charge in [0, 0.05) is 37.2 Å². The molecule has 0 saturated heterocycles. The number of rotatable bonds is 2. The van der Waals surface area contributed by atoms with E-state index in [2.05, 4.69) is 24.1 Å². The molecular formula is C17H20N2O2. The fourth-order valence-corrected chi connectivity index (χ4v) is 3.07. The zero-order valence-corrected chi connectivity index (χ0v) is 12.7. The van der Waals surface area contributed by atoms with Crippen molar-refractivity contribution in [1.29, 1.82) is 0 Å². The predicted molar refractivity (Wildman–Crippen MR) is 84.3 cm³/mol. The Hall–Kier alpha value is -2.07. The van der Waals surface area contributed by atoms with Crippen molar-refractivity contribution >= 4 is 22.4 Å². The molecule has 1 aliphatic rings. The lowest BCUT2D eigenvalue weighted by atomic mass is 9.96. The van der Waals surface area contributed by atoms with Gasteiger partial charge in [0.05, 0.1) is 12.7 Å². The molecular weight excluding hydrogens is 264 g/mol. The minimum atomic E-state index is -0.280. The van der Waals surface area contributed by atoms with E-state index < -0.39 is 0 Å².